The zero-order chi connectivity index (χ0) is 21.4. The standard InChI is InChI=1S/C17H34N4O4S2/c1-9(2)7-17(5,6)27-26-8-12(18)15(24)21-13(11(4)22)16(25)20-10(3)14(19)23/h9-13,22H,7-8,18H2,1-6H3,(H2,19,23)(H,20,25)(H,21,24)/t10-,11+,12+,13-/m0/s1. The van der Waals surface area contributed by atoms with Crippen LogP contribution < -0.4 is 22.1 Å². The van der Waals surface area contributed by atoms with Gasteiger partial charge in [0.05, 0.1) is 12.1 Å². The number of nitrogens with two attached hydrogens (primary N) is 2. The number of hydrogen-bond donors (Lipinski definition) is 5. The molecule has 0 heterocycles. The van der Waals surface area contributed by atoms with E-state index >= 15 is 0 Å². The van der Waals surface area contributed by atoms with E-state index in [2.05, 4.69) is 38.3 Å². The van der Waals surface area contributed by atoms with Crippen LogP contribution in [-0.2, 0) is 14.4 Å². The summed E-state index contributed by atoms with van der Waals surface area (Å²) in [4.78, 5) is 35.5. The van der Waals surface area contributed by atoms with Crippen molar-refractivity contribution in [2.75, 3.05) is 5.75 Å². The summed E-state index contributed by atoms with van der Waals surface area (Å²) in [5.41, 5.74) is 11.0. The first-order chi connectivity index (χ1) is 12.3. The smallest absolute Gasteiger partial charge is 0.245 e. The number of nitrogens with one attached hydrogen (secondary N) is 2. The summed E-state index contributed by atoms with van der Waals surface area (Å²) < 4.78 is 0.0575. The Morgan fingerprint density at radius 1 is 1.07 bits per heavy atom. The molecule has 10 heteroatoms. The predicted molar refractivity (Wildman–Crippen MR) is 112 cm³/mol. The molecule has 7 N–H and O–H groups in total. The number of hydrogen-bond acceptors (Lipinski definition) is 7. The van der Waals surface area contributed by atoms with Gasteiger partial charge < -0.3 is 27.2 Å². The fraction of sp³-hybridized carbons (Fsp3) is 0.824. The van der Waals surface area contributed by atoms with Crippen LogP contribution in [-0.4, -0.2) is 57.6 Å². The molecule has 4 atom stereocenters. The molecule has 0 aromatic rings. The van der Waals surface area contributed by atoms with Gasteiger partial charge in [-0.1, -0.05) is 35.4 Å². The number of carbonyl (C=O) groups is 3. The summed E-state index contributed by atoms with van der Waals surface area (Å²) >= 11 is 0. The number of primary amides is 1. The van der Waals surface area contributed by atoms with Gasteiger partial charge in [-0.25, -0.2) is 0 Å². The fourth-order valence-electron chi connectivity index (χ4n) is 2.40. The Balaban J connectivity index is 4.63. The second-order valence-electron chi connectivity index (χ2n) is 7.69. The lowest BCUT2D eigenvalue weighted by atomic mass is 10.0. The van der Waals surface area contributed by atoms with Crippen LogP contribution in [0.4, 0.5) is 0 Å². The van der Waals surface area contributed by atoms with Gasteiger partial charge >= 0.3 is 0 Å². The Morgan fingerprint density at radius 3 is 2.07 bits per heavy atom. The third-order valence-electron chi connectivity index (χ3n) is 3.62. The molecule has 0 fully saturated rings. The van der Waals surface area contributed by atoms with E-state index in [9.17, 15) is 19.5 Å². The summed E-state index contributed by atoms with van der Waals surface area (Å²) in [7, 11) is 3.18. The van der Waals surface area contributed by atoms with E-state index in [0.29, 0.717) is 11.7 Å². The van der Waals surface area contributed by atoms with Crippen LogP contribution in [0.3, 0.4) is 0 Å². The quantitative estimate of drug-likeness (QED) is 0.285. The molecular weight excluding hydrogens is 388 g/mol. The molecule has 27 heavy (non-hydrogen) atoms. The third-order valence-corrected chi connectivity index (χ3v) is 6.96. The number of carbonyl (C=O) groups excluding carboxylic acids is 3. The number of aliphatic hydroxyl groups excluding tert-OH is 1. The summed E-state index contributed by atoms with van der Waals surface area (Å²) in [6.45, 7) is 11.4. The Kier molecular flexibility index (Phi) is 11.4. The van der Waals surface area contributed by atoms with Gasteiger partial charge in [-0.3, -0.25) is 14.4 Å². The molecule has 0 unspecified atom stereocenters. The Morgan fingerprint density at radius 2 is 1.63 bits per heavy atom. The number of aliphatic hydroxyl groups is 1. The largest absolute Gasteiger partial charge is 0.391 e. The first-order valence-electron chi connectivity index (χ1n) is 8.91. The van der Waals surface area contributed by atoms with Crippen molar-refractivity contribution in [1.29, 1.82) is 0 Å². The molecule has 0 saturated heterocycles. The van der Waals surface area contributed by atoms with E-state index < -0.39 is 42.0 Å². The van der Waals surface area contributed by atoms with Crippen LogP contribution in [0.5, 0.6) is 0 Å². The Bertz CT molecular complexity index is 515. The number of amides is 3. The van der Waals surface area contributed by atoms with E-state index in [1.807, 2.05) is 0 Å². The lowest BCUT2D eigenvalue weighted by Crippen LogP contribution is -2.58. The molecule has 0 aromatic carbocycles. The Hall–Kier alpha value is -0.970. The minimum Gasteiger partial charge on any atom is -0.391 e. The third kappa shape index (κ3) is 10.8. The molecule has 158 valence electrons. The monoisotopic (exact) mass is 422 g/mol. The van der Waals surface area contributed by atoms with E-state index in [1.54, 1.807) is 10.8 Å². The first kappa shape index (κ1) is 26.0. The van der Waals surface area contributed by atoms with Crippen LogP contribution in [0.1, 0.15) is 48.0 Å². The van der Waals surface area contributed by atoms with Crippen LogP contribution in [0.25, 0.3) is 0 Å². The van der Waals surface area contributed by atoms with E-state index in [-0.39, 0.29) is 4.75 Å². The number of rotatable bonds is 12. The van der Waals surface area contributed by atoms with Gasteiger partial charge in [-0.2, -0.15) is 0 Å². The highest BCUT2D eigenvalue weighted by Crippen LogP contribution is 2.39. The molecule has 0 rings (SSSR count). The van der Waals surface area contributed by atoms with Gasteiger partial charge in [0.15, 0.2) is 0 Å². The minimum absolute atomic E-state index is 0.0575. The molecule has 0 aliphatic heterocycles. The molecule has 8 nitrogen and oxygen atoms in total. The second kappa shape index (κ2) is 11.8. The molecule has 0 bridgehead atoms. The maximum absolute atomic E-state index is 12.3. The molecular formula is C17H34N4O4S2. The van der Waals surface area contributed by atoms with Gasteiger partial charge in [0, 0.05) is 10.5 Å². The maximum Gasteiger partial charge on any atom is 0.245 e. The molecule has 0 aliphatic rings. The average molecular weight is 423 g/mol. The summed E-state index contributed by atoms with van der Waals surface area (Å²) in [5.74, 6) is -1.02. The Labute approximate surface area is 169 Å². The van der Waals surface area contributed by atoms with Crippen molar-refractivity contribution in [3.05, 3.63) is 0 Å². The molecule has 0 saturated carbocycles. The summed E-state index contributed by atoms with van der Waals surface area (Å²) in [6, 6.07) is -2.97. The minimum atomic E-state index is -1.22. The molecule has 0 aromatic heterocycles. The van der Waals surface area contributed by atoms with E-state index in [1.165, 1.54) is 24.6 Å². The summed E-state index contributed by atoms with van der Waals surface area (Å²) in [6.07, 6.45) is -0.123. The van der Waals surface area contributed by atoms with Crippen LogP contribution in [0.2, 0.25) is 0 Å². The highest BCUT2D eigenvalue weighted by Gasteiger charge is 2.29. The van der Waals surface area contributed by atoms with Crippen LogP contribution in [0, 0.1) is 5.92 Å². The van der Waals surface area contributed by atoms with Gasteiger partial charge in [0.2, 0.25) is 17.7 Å². The molecule has 0 radical (unpaired) electrons. The lowest BCUT2D eigenvalue weighted by Gasteiger charge is -2.26. The van der Waals surface area contributed by atoms with Crippen molar-refractivity contribution in [3.63, 3.8) is 0 Å². The van der Waals surface area contributed by atoms with Crippen LogP contribution >= 0.6 is 21.6 Å². The fourth-order valence-corrected chi connectivity index (χ4v) is 5.29. The SMILES string of the molecule is CC(C)CC(C)(C)SSC[C@@H](N)C(=O)N[C@H](C(=O)N[C@@H](C)C(N)=O)[C@@H](C)O. The zero-order valence-electron chi connectivity index (χ0n) is 16.9. The van der Waals surface area contributed by atoms with Crippen molar-refractivity contribution in [3.8, 4) is 0 Å². The topological polar surface area (TPSA) is 148 Å². The van der Waals surface area contributed by atoms with Gasteiger partial charge in [0.25, 0.3) is 0 Å². The van der Waals surface area contributed by atoms with E-state index in [4.69, 9.17) is 11.5 Å². The van der Waals surface area contributed by atoms with Crippen molar-refractivity contribution in [2.45, 2.75) is 76.9 Å². The predicted octanol–water partition coefficient (Wildman–Crippen LogP) is 0.375. The first-order valence-corrected chi connectivity index (χ1v) is 11.2. The second-order valence-corrected chi connectivity index (χ2v) is 10.7. The van der Waals surface area contributed by atoms with Gasteiger partial charge in [-0.15, -0.1) is 0 Å². The van der Waals surface area contributed by atoms with E-state index in [0.717, 1.165) is 6.42 Å². The van der Waals surface area contributed by atoms with Crippen molar-refractivity contribution >= 4 is 39.3 Å². The highest BCUT2D eigenvalue weighted by atomic mass is 33.1. The van der Waals surface area contributed by atoms with Gasteiger partial charge in [0.1, 0.15) is 12.1 Å². The maximum atomic E-state index is 12.3. The van der Waals surface area contributed by atoms with Crippen LogP contribution in [0.15, 0.2) is 0 Å². The molecule has 0 aliphatic carbocycles. The molecule has 3 amide bonds. The normalized spacial score (nSPS) is 16.3. The zero-order valence-corrected chi connectivity index (χ0v) is 18.6. The van der Waals surface area contributed by atoms with Crippen molar-refractivity contribution in [2.24, 2.45) is 17.4 Å². The lowest BCUT2D eigenvalue weighted by molar-refractivity contribution is -0.133. The highest BCUT2D eigenvalue weighted by molar-refractivity contribution is 8.77. The van der Waals surface area contributed by atoms with Crippen molar-refractivity contribution < 1.29 is 19.5 Å². The average Bonchev–Trinajstić information content (AvgIpc) is 2.49. The van der Waals surface area contributed by atoms with Crippen molar-refractivity contribution in [1.82, 2.24) is 10.6 Å². The summed E-state index contributed by atoms with van der Waals surface area (Å²) in [5, 5.41) is 14.6. The molecule has 0 spiro atoms. The van der Waals surface area contributed by atoms with Gasteiger partial charge in [-0.05, 0) is 40.0 Å².